The van der Waals surface area contributed by atoms with E-state index in [0.29, 0.717) is 5.56 Å². The first kappa shape index (κ1) is 13.9. The van der Waals surface area contributed by atoms with E-state index in [1.165, 1.54) is 32.4 Å². The van der Waals surface area contributed by atoms with Crippen molar-refractivity contribution in [2.45, 2.75) is 31.8 Å². The lowest BCUT2D eigenvalue weighted by Gasteiger charge is -2.44. The minimum atomic E-state index is 0.635. The molecule has 0 N–H and O–H groups in total. The van der Waals surface area contributed by atoms with Crippen LogP contribution < -0.4 is 0 Å². The summed E-state index contributed by atoms with van der Waals surface area (Å²) < 4.78 is 0. The van der Waals surface area contributed by atoms with E-state index in [1.54, 1.807) is 6.07 Å². The number of fused-ring (bicyclic) bond motifs is 1. The zero-order chi connectivity index (χ0) is 13.9. The molecule has 2 fully saturated rings. The van der Waals surface area contributed by atoms with Crippen molar-refractivity contribution in [3.05, 3.63) is 34.3 Å². The van der Waals surface area contributed by atoms with Crippen LogP contribution in [0.5, 0.6) is 0 Å². The molecule has 1 aromatic carbocycles. The van der Waals surface area contributed by atoms with Gasteiger partial charge >= 0.3 is 0 Å². The van der Waals surface area contributed by atoms with E-state index < -0.39 is 0 Å². The highest BCUT2D eigenvalue weighted by Gasteiger charge is 2.28. The number of benzene rings is 1. The summed E-state index contributed by atoms with van der Waals surface area (Å²) in [5.41, 5.74) is 1.77. The van der Waals surface area contributed by atoms with Gasteiger partial charge in [-0.15, -0.1) is 0 Å². The molecule has 0 aromatic heterocycles. The minimum absolute atomic E-state index is 0.635. The molecule has 2 aliphatic rings. The number of halogens is 1. The predicted molar refractivity (Wildman–Crippen MR) is 80.7 cm³/mol. The maximum atomic E-state index is 8.88. The van der Waals surface area contributed by atoms with Crippen molar-refractivity contribution in [2.75, 3.05) is 26.2 Å². The topological polar surface area (TPSA) is 30.3 Å². The summed E-state index contributed by atoms with van der Waals surface area (Å²) in [5.74, 6) is 0. The number of piperazine rings is 1. The lowest BCUT2D eigenvalue weighted by atomic mass is 9.99. The van der Waals surface area contributed by atoms with Gasteiger partial charge in [0.1, 0.15) is 0 Å². The van der Waals surface area contributed by atoms with Crippen molar-refractivity contribution in [1.29, 1.82) is 5.26 Å². The van der Waals surface area contributed by atoms with Gasteiger partial charge in [-0.2, -0.15) is 5.26 Å². The second kappa shape index (κ2) is 6.13. The molecular weight excluding hydrogens is 270 g/mol. The van der Waals surface area contributed by atoms with Gasteiger partial charge in [-0.25, -0.2) is 0 Å². The Bertz CT molecular complexity index is 523. The third-order valence-electron chi connectivity index (χ3n) is 4.50. The Morgan fingerprint density at radius 1 is 1.25 bits per heavy atom. The molecule has 0 amide bonds. The van der Waals surface area contributed by atoms with Crippen LogP contribution in [0, 0.1) is 11.3 Å². The third kappa shape index (κ3) is 2.98. The fraction of sp³-hybridized carbons (Fsp3) is 0.562. The van der Waals surface area contributed by atoms with Crippen LogP contribution in [-0.4, -0.2) is 42.0 Å². The highest BCUT2D eigenvalue weighted by atomic mass is 35.5. The largest absolute Gasteiger partial charge is 0.298 e. The molecule has 0 bridgehead atoms. The fourth-order valence-electron chi connectivity index (χ4n) is 3.35. The first-order chi connectivity index (χ1) is 9.76. The van der Waals surface area contributed by atoms with Crippen molar-refractivity contribution in [1.82, 2.24) is 9.80 Å². The molecule has 1 atom stereocenters. The number of nitrogens with zero attached hydrogens (tertiary/aromatic N) is 3. The molecule has 2 heterocycles. The summed E-state index contributed by atoms with van der Waals surface area (Å²) in [6.45, 7) is 5.62. The monoisotopic (exact) mass is 289 g/mol. The van der Waals surface area contributed by atoms with Crippen LogP contribution in [0.4, 0.5) is 0 Å². The van der Waals surface area contributed by atoms with Crippen molar-refractivity contribution >= 4 is 11.6 Å². The van der Waals surface area contributed by atoms with Crippen LogP contribution >= 0.6 is 11.6 Å². The molecule has 2 saturated heterocycles. The molecule has 2 aliphatic heterocycles. The first-order valence-electron chi connectivity index (χ1n) is 7.41. The van der Waals surface area contributed by atoms with Crippen molar-refractivity contribution < 1.29 is 0 Å². The van der Waals surface area contributed by atoms with Crippen molar-refractivity contribution in [2.24, 2.45) is 0 Å². The lowest BCUT2D eigenvalue weighted by Crippen LogP contribution is -2.54. The molecule has 1 aromatic rings. The quantitative estimate of drug-likeness (QED) is 0.839. The zero-order valence-electron chi connectivity index (χ0n) is 11.7. The standard InChI is InChI=1S/C16H20ClN3/c17-16-9-13(10-18)4-5-14(16)11-19-7-8-20-6-2-1-3-15(20)12-19/h4-5,9,15H,1-3,6-8,11-12H2. The lowest BCUT2D eigenvalue weighted by molar-refractivity contribution is 0.0457. The summed E-state index contributed by atoms with van der Waals surface area (Å²) in [4.78, 5) is 5.14. The maximum Gasteiger partial charge on any atom is 0.0992 e. The normalized spacial score (nSPS) is 24.1. The van der Waals surface area contributed by atoms with Crippen molar-refractivity contribution in [3.63, 3.8) is 0 Å². The van der Waals surface area contributed by atoms with Gasteiger partial charge < -0.3 is 0 Å². The Morgan fingerprint density at radius 2 is 2.15 bits per heavy atom. The minimum Gasteiger partial charge on any atom is -0.298 e. The number of hydrogen-bond acceptors (Lipinski definition) is 3. The molecule has 3 nitrogen and oxygen atoms in total. The van der Waals surface area contributed by atoms with Crippen LogP contribution in [0.25, 0.3) is 0 Å². The zero-order valence-corrected chi connectivity index (χ0v) is 12.4. The second-order valence-corrected chi connectivity index (χ2v) is 6.25. The van der Waals surface area contributed by atoms with E-state index >= 15 is 0 Å². The van der Waals surface area contributed by atoms with Crippen LogP contribution in [0.15, 0.2) is 18.2 Å². The highest BCUT2D eigenvalue weighted by Crippen LogP contribution is 2.24. The molecule has 0 spiro atoms. The van der Waals surface area contributed by atoms with E-state index in [0.717, 1.165) is 36.3 Å². The summed E-state index contributed by atoms with van der Waals surface area (Å²) in [6.07, 6.45) is 4.06. The van der Waals surface area contributed by atoms with Gasteiger partial charge in [0.2, 0.25) is 0 Å². The Labute approximate surface area is 125 Å². The van der Waals surface area contributed by atoms with E-state index in [4.69, 9.17) is 16.9 Å². The summed E-state index contributed by atoms with van der Waals surface area (Å²) in [6, 6.07) is 8.49. The third-order valence-corrected chi connectivity index (χ3v) is 4.85. The van der Waals surface area contributed by atoms with Crippen LogP contribution in [0.3, 0.4) is 0 Å². The number of rotatable bonds is 2. The average molecular weight is 290 g/mol. The molecule has 0 aliphatic carbocycles. The van der Waals surface area contributed by atoms with Gasteiger partial charge in [-0.3, -0.25) is 9.80 Å². The van der Waals surface area contributed by atoms with Crippen molar-refractivity contribution in [3.8, 4) is 6.07 Å². The highest BCUT2D eigenvalue weighted by molar-refractivity contribution is 6.31. The predicted octanol–water partition coefficient (Wildman–Crippen LogP) is 2.88. The Kier molecular flexibility index (Phi) is 4.26. The number of nitriles is 1. The second-order valence-electron chi connectivity index (χ2n) is 5.84. The van der Waals surface area contributed by atoms with E-state index in [9.17, 15) is 0 Å². The van der Waals surface area contributed by atoms with E-state index in [2.05, 4.69) is 15.9 Å². The van der Waals surface area contributed by atoms with Gasteiger partial charge in [0.05, 0.1) is 11.6 Å². The molecule has 0 saturated carbocycles. The molecule has 106 valence electrons. The van der Waals surface area contributed by atoms with Gasteiger partial charge in [0.25, 0.3) is 0 Å². The first-order valence-corrected chi connectivity index (χ1v) is 7.79. The van der Waals surface area contributed by atoms with Crippen LogP contribution in [0.2, 0.25) is 5.02 Å². The van der Waals surface area contributed by atoms with E-state index in [-0.39, 0.29) is 0 Å². The van der Waals surface area contributed by atoms with Gasteiger partial charge in [-0.1, -0.05) is 24.1 Å². The molecule has 4 heteroatoms. The fourth-order valence-corrected chi connectivity index (χ4v) is 3.59. The molecule has 1 unspecified atom stereocenters. The Balaban J connectivity index is 1.65. The molecule has 20 heavy (non-hydrogen) atoms. The summed E-state index contributed by atoms with van der Waals surface area (Å²) in [5, 5.41) is 9.60. The van der Waals surface area contributed by atoms with E-state index in [1.807, 2.05) is 12.1 Å². The number of hydrogen-bond donors (Lipinski definition) is 0. The molecule has 0 radical (unpaired) electrons. The Hall–Kier alpha value is -1.08. The number of piperidine rings is 1. The van der Waals surface area contributed by atoms with Gasteiger partial charge in [-0.05, 0) is 37.1 Å². The molecular formula is C16H20ClN3. The average Bonchev–Trinajstić information content (AvgIpc) is 2.49. The summed E-state index contributed by atoms with van der Waals surface area (Å²) in [7, 11) is 0. The van der Waals surface area contributed by atoms with Crippen LogP contribution in [-0.2, 0) is 6.54 Å². The smallest absolute Gasteiger partial charge is 0.0992 e. The van der Waals surface area contributed by atoms with Crippen LogP contribution in [0.1, 0.15) is 30.4 Å². The molecule has 3 rings (SSSR count). The summed E-state index contributed by atoms with van der Waals surface area (Å²) >= 11 is 6.28. The van der Waals surface area contributed by atoms with Gasteiger partial charge in [0.15, 0.2) is 0 Å². The Morgan fingerprint density at radius 3 is 2.95 bits per heavy atom. The van der Waals surface area contributed by atoms with Gasteiger partial charge in [0, 0.05) is 37.2 Å². The SMILES string of the molecule is N#Cc1ccc(CN2CCN3CCCCC3C2)c(Cl)c1. The maximum absolute atomic E-state index is 8.88.